The van der Waals surface area contributed by atoms with Crippen LogP contribution in [0.15, 0.2) is 41.7 Å². The highest BCUT2D eigenvalue weighted by molar-refractivity contribution is 14.0. The molecule has 2 aliphatic heterocycles. The Balaban J connectivity index is 0.00000289. The molecule has 1 fully saturated rings. The number of hydrogen-bond acceptors (Lipinski definition) is 7. The molecular weight excluding hydrogens is 521 g/mol. The number of aromatic nitrogens is 2. The maximum atomic E-state index is 5.76. The second-order valence-corrected chi connectivity index (χ2v) is 7.57. The number of rotatable bonds is 6. The van der Waals surface area contributed by atoms with Crippen molar-refractivity contribution in [3.05, 3.63) is 36.7 Å². The van der Waals surface area contributed by atoms with Gasteiger partial charge in [0.05, 0.1) is 13.2 Å². The van der Waals surface area contributed by atoms with Gasteiger partial charge in [0.15, 0.2) is 17.5 Å². The van der Waals surface area contributed by atoms with Crippen molar-refractivity contribution in [1.29, 1.82) is 0 Å². The highest BCUT2D eigenvalue weighted by Crippen LogP contribution is 2.32. The first-order valence-corrected chi connectivity index (χ1v) is 10.9. The SMILES string of the molecule is CN=C(NCCCN1CCN(c2ncccn2)CC1)Nc1ccc2c(c1)OCCCO2.I. The Morgan fingerprint density at radius 1 is 1.06 bits per heavy atom. The van der Waals surface area contributed by atoms with Gasteiger partial charge < -0.3 is 25.0 Å². The molecule has 0 atom stereocenters. The number of anilines is 2. The number of fused-ring (bicyclic) bond motifs is 1. The average molecular weight is 553 g/mol. The van der Waals surface area contributed by atoms with Gasteiger partial charge in [-0.1, -0.05) is 0 Å². The monoisotopic (exact) mass is 553 g/mol. The lowest BCUT2D eigenvalue weighted by Crippen LogP contribution is -2.47. The molecule has 0 amide bonds. The summed E-state index contributed by atoms with van der Waals surface area (Å²) in [6.45, 7) is 7.26. The van der Waals surface area contributed by atoms with E-state index in [2.05, 4.69) is 35.4 Å². The van der Waals surface area contributed by atoms with E-state index in [1.54, 1.807) is 19.4 Å². The van der Waals surface area contributed by atoms with Crippen molar-refractivity contribution < 1.29 is 9.47 Å². The fourth-order valence-corrected chi connectivity index (χ4v) is 3.69. The molecule has 1 aromatic heterocycles. The Labute approximate surface area is 206 Å². The number of halogens is 1. The third-order valence-electron chi connectivity index (χ3n) is 5.38. The lowest BCUT2D eigenvalue weighted by Gasteiger charge is -2.34. The summed E-state index contributed by atoms with van der Waals surface area (Å²) in [5.74, 6) is 3.15. The average Bonchev–Trinajstić information content (AvgIpc) is 3.07. The van der Waals surface area contributed by atoms with Gasteiger partial charge in [0.1, 0.15) is 0 Å². The van der Waals surface area contributed by atoms with Crippen molar-refractivity contribution in [2.45, 2.75) is 12.8 Å². The van der Waals surface area contributed by atoms with Gasteiger partial charge in [0, 0.05) is 70.3 Å². The molecule has 32 heavy (non-hydrogen) atoms. The molecule has 0 saturated carbocycles. The highest BCUT2D eigenvalue weighted by atomic mass is 127. The normalized spacial score (nSPS) is 16.7. The molecule has 1 saturated heterocycles. The Morgan fingerprint density at radius 3 is 2.56 bits per heavy atom. The number of guanidine groups is 1. The van der Waals surface area contributed by atoms with Crippen LogP contribution in [0.3, 0.4) is 0 Å². The molecule has 2 aliphatic rings. The Bertz CT molecular complexity index is 861. The van der Waals surface area contributed by atoms with Crippen LogP contribution in [0.5, 0.6) is 11.5 Å². The molecule has 0 spiro atoms. The van der Waals surface area contributed by atoms with Crippen molar-refractivity contribution in [1.82, 2.24) is 20.2 Å². The van der Waals surface area contributed by atoms with Gasteiger partial charge in [-0.2, -0.15) is 0 Å². The van der Waals surface area contributed by atoms with Crippen LogP contribution in [0.4, 0.5) is 11.6 Å². The second-order valence-electron chi connectivity index (χ2n) is 7.57. The molecule has 0 aliphatic carbocycles. The van der Waals surface area contributed by atoms with E-state index in [0.29, 0.717) is 13.2 Å². The summed E-state index contributed by atoms with van der Waals surface area (Å²) in [6, 6.07) is 7.74. The molecule has 1 aromatic carbocycles. The second kappa shape index (κ2) is 12.6. The van der Waals surface area contributed by atoms with Gasteiger partial charge in [-0.05, 0) is 31.2 Å². The molecule has 2 aromatic rings. The van der Waals surface area contributed by atoms with E-state index >= 15 is 0 Å². The van der Waals surface area contributed by atoms with Gasteiger partial charge in [-0.3, -0.25) is 9.89 Å². The van der Waals surface area contributed by atoms with Crippen LogP contribution in [-0.4, -0.2) is 80.4 Å². The zero-order chi connectivity index (χ0) is 21.3. The van der Waals surface area contributed by atoms with E-state index in [1.807, 2.05) is 24.3 Å². The van der Waals surface area contributed by atoms with E-state index < -0.39 is 0 Å². The molecule has 0 radical (unpaired) electrons. The first-order valence-electron chi connectivity index (χ1n) is 10.9. The number of nitrogens with one attached hydrogen (secondary N) is 2. The third kappa shape index (κ3) is 6.83. The molecule has 10 heteroatoms. The first-order chi connectivity index (χ1) is 15.3. The maximum absolute atomic E-state index is 5.76. The molecule has 4 rings (SSSR count). The zero-order valence-corrected chi connectivity index (χ0v) is 20.8. The van der Waals surface area contributed by atoms with E-state index in [-0.39, 0.29) is 24.0 Å². The van der Waals surface area contributed by atoms with Crippen molar-refractivity contribution in [3.8, 4) is 11.5 Å². The predicted molar refractivity (Wildman–Crippen MR) is 138 cm³/mol. The van der Waals surface area contributed by atoms with E-state index in [4.69, 9.17) is 9.47 Å². The topological polar surface area (TPSA) is 87.1 Å². The van der Waals surface area contributed by atoms with Gasteiger partial charge in [0.25, 0.3) is 0 Å². The minimum atomic E-state index is 0. The number of piperazine rings is 1. The number of aliphatic imine (C=N–C) groups is 1. The van der Waals surface area contributed by atoms with E-state index in [0.717, 1.165) is 81.2 Å². The van der Waals surface area contributed by atoms with Crippen LogP contribution < -0.4 is 25.0 Å². The summed E-state index contributed by atoms with van der Waals surface area (Å²) in [5, 5.41) is 6.73. The fourth-order valence-electron chi connectivity index (χ4n) is 3.69. The van der Waals surface area contributed by atoms with Gasteiger partial charge >= 0.3 is 0 Å². The predicted octanol–water partition coefficient (Wildman–Crippen LogP) is 2.46. The summed E-state index contributed by atoms with van der Waals surface area (Å²) in [4.78, 5) is 17.8. The fraction of sp³-hybridized carbons (Fsp3) is 0.500. The number of benzene rings is 1. The van der Waals surface area contributed by atoms with Crippen LogP contribution in [-0.2, 0) is 0 Å². The van der Waals surface area contributed by atoms with E-state index in [1.165, 1.54) is 0 Å². The lowest BCUT2D eigenvalue weighted by atomic mass is 10.2. The summed E-state index contributed by atoms with van der Waals surface area (Å²) >= 11 is 0. The van der Waals surface area contributed by atoms with Crippen LogP contribution in [0.25, 0.3) is 0 Å². The Kier molecular flexibility index (Phi) is 9.60. The minimum Gasteiger partial charge on any atom is -0.490 e. The quantitative estimate of drug-likeness (QED) is 0.244. The lowest BCUT2D eigenvalue weighted by molar-refractivity contribution is 0.254. The minimum absolute atomic E-state index is 0. The summed E-state index contributed by atoms with van der Waals surface area (Å²) in [7, 11) is 1.78. The first kappa shape index (κ1) is 24.3. The van der Waals surface area contributed by atoms with Gasteiger partial charge in [0.2, 0.25) is 5.95 Å². The molecule has 0 unspecified atom stereocenters. The van der Waals surface area contributed by atoms with Crippen LogP contribution in [0.1, 0.15) is 12.8 Å². The molecular formula is C22H32IN7O2. The van der Waals surface area contributed by atoms with Crippen LogP contribution in [0, 0.1) is 0 Å². The standard InChI is InChI=1S/C22H31N7O2.HI/c1-23-21(27-18-5-6-19-20(17-18)31-16-4-15-30-19)24-9-3-10-28-11-13-29(14-12-28)22-25-7-2-8-26-22;/h2,5-8,17H,3-4,9-16H2,1H3,(H2,23,24,27);1H. The number of nitrogens with zero attached hydrogens (tertiary/aromatic N) is 5. The molecule has 9 nitrogen and oxygen atoms in total. The number of hydrogen-bond donors (Lipinski definition) is 2. The van der Waals surface area contributed by atoms with Crippen molar-refractivity contribution in [2.75, 3.05) is 69.7 Å². The van der Waals surface area contributed by atoms with Crippen molar-refractivity contribution in [2.24, 2.45) is 4.99 Å². The van der Waals surface area contributed by atoms with Crippen molar-refractivity contribution in [3.63, 3.8) is 0 Å². The molecule has 0 bridgehead atoms. The largest absolute Gasteiger partial charge is 0.490 e. The van der Waals surface area contributed by atoms with Crippen LogP contribution >= 0.6 is 24.0 Å². The molecule has 174 valence electrons. The van der Waals surface area contributed by atoms with Crippen LogP contribution in [0.2, 0.25) is 0 Å². The van der Waals surface area contributed by atoms with Gasteiger partial charge in [-0.15, -0.1) is 24.0 Å². The summed E-state index contributed by atoms with van der Waals surface area (Å²) in [6.07, 6.45) is 5.54. The highest BCUT2D eigenvalue weighted by Gasteiger charge is 2.18. The molecule has 3 heterocycles. The van der Waals surface area contributed by atoms with Crippen molar-refractivity contribution >= 4 is 41.6 Å². The molecule has 2 N–H and O–H groups in total. The third-order valence-corrected chi connectivity index (χ3v) is 5.38. The van der Waals surface area contributed by atoms with E-state index in [9.17, 15) is 0 Å². The Morgan fingerprint density at radius 2 is 1.81 bits per heavy atom. The zero-order valence-electron chi connectivity index (χ0n) is 18.5. The smallest absolute Gasteiger partial charge is 0.225 e. The maximum Gasteiger partial charge on any atom is 0.225 e. The summed E-state index contributed by atoms with van der Waals surface area (Å²) in [5.41, 5.74) is 0.927. The van der Waals surface area contributed by atoms with Gasteiger partial charge in [-0.25, -0.2) is 9.97 Å². The number of ether oxygens (including phenoxy) is 2. The Hall–Kier alpha value is -2.34. The summed E-state index contributed by atoms with van der Waals surface area (Å²) < 4.78 is 11.5.